The van der Waals surface area contributed by atoms with Crippen molar-refractivity contribution in [3.8, 4) is 11.1 Å². The summed E-state index contributed by atoms with van der Waals surface area (Å²) >= 11 is 0. The van der Waals surface area contributed by atoms with Crippen LogP contribution in [0.5, 0.6) is 0 Å². The molecule has 1 aliphatic heterocycles. The Hall–Kier alpha value is -3.50. The molecule has 1 aromatic heterocycles. The van der Waals surface area contributed by atoms with E-state index < -0.39 is 36.0 Å². The van der Waals surface area contributed by atoms with Crippen LogP contribution in [-0.2, 0) is 9.47 Å². The average molecular weight is 509 g/mol. The predicted octanol–water partition coefficient (Wildman–Crippen LogP) is 6.41. The third kappa shape index (κ3) is 7.50. The van der Waals surface area contributed by atoms with Crippen LogP contribution in [-0.4, -0.2) is 42.1 Å². The Bertz CT molecular complexity index is 1090. The van der Waals surface area contributed by atoms with Crippen LogP contribution in [0.15, 0.2) is 36.5 Å². The van der Waals surface area contributed by atoms with Gasteiger partial charge in [0.05, 0.1) is 18.8 Å². The van der Waals surface area contributed by atoms with Gasteiger partial charge in [-0.2, -0.15) is 13.2 Å². The van der Waals surface area contributed by atoms with Crippen LogP contribution in [0, 0.1) is 0 Å². The zero-order valence-corrected chi connectivity index (χ0v) is 20.7. The second-order valence-corrected chi connectivity index (χ2v) is 9.57. The fraction of sp³-hybridized carbons (Fsp3) is 0.480. The zero-order valence-electron chi connectivity index (χ0n) is 20.7. The van der Waals surface area contributed by atoms with E-state index in [0.717, 1.165) is 0 Å². The van der Waals surface area contributed by atoms with Crippen molar-refractivity contribution in [1.29, 1.82) is 0 Å². The minimum atomic E-state index is -4.50. The molecule has 0 radical (unpaired) electrons. The molecule has 8 nitrogen and oxygen atoms in total. The Morgan fingerprint density at radius 3 is 2.44 bits per heavy atom. The molecule has 0 fully saturated rings. The van der Waals surface area contributed by atoms with Gasteiger partial charge in [0.25, 0.3) is 0 Å². The number of hydrogen-bond donors (Lipinski definition) is 3. The van der Waals surface area contributed by atoms with E-state index in [1.807, 2.05) is 0 Å². The molecular formula is C25H31F3N4O4. The Morgan fingerprint density at radius 1 is 1.06 bits per heavy atom. The molecule has 196 valence electrons. The van der Waals surface area contributed by atoms with Crippen LogP contribution >= 0.6 is 0 Å². The standard InChI is InChI=1S/C25H31F3N4O4/c1-24(2,3)36-23(34)32-18-7-5-6-8-21(25(26,27)28)31-19-14-16(30-22(33)35-4)9-10-17(19)15-11-12-29-20(18)13-15/h9-14,18,21,31H,5-8H2,1-4H3,(H,30,33)(H,32,34). The number of aromatic nitrogens is 1. The van der Waals surface area contributed by atoms with Crippen molar-refractivity contribution in [2.24, 2.45) is 0 Å². The first-order valence-corrected chi connectivity index (χ1v) is 11.6. The molecule has 3 rings (SSSR count). The van der Waals surface area contributed by atoms with Gasteiger partial charge in [0.15, 0.2) is 0 Å². The Balaban J connectivity index is 2.04. The number of amides is 2. The molecule has 2 amide bonds. The van der Waals surface area contributed by atoms with Crippen molar-refractivity contribution in [3.63, 3.8) is 0 Å². The van der Waals surface area contributed by atoms with Crippen LogP contribution in [0.25, 0.3) is 11.1 Å². The molecule has 1 aromatic carbocycles. The number of halogens is 3. The summed E-state index contributed by atoms with van der Waals surface area (Å²) in [7, 11) is 1.20. The highest BCUT2D eigenvalue weighted by molar-refractivity contribution is 5.88. The summed E-state index contributed by atoms with van der Waals surface area (Å²) in [5.41, 5.74) is 1.42. The smallest absolute Gasteiger partial charge is 0.411 e. The lowest BCUT2D eigenvalue weighted by atomic mass is 9.96. The van der Waals surface area contributed by atoms with E-state index in [4.69, 9.17) is 4.74 Å². The topological polar surface area (TPSA) is 102 Å². The van der Waals surface area contributed by atoms with E-state index in [1.165, 1.54) is 13.2 Å². The number of ether oxygens (including phenoxy) is 2. The lowest BCUT2D eigenvalue weighted by Gasteiger charge is -2.27. The van der Waals surface area contributed by atoms with Crippen molar-refractivity contribution in [3.05, 3.63) is 42.2 Å². The molecule has 3 N–H and O–H groups in total. The first-order chi connectivity index (χ1) is 16.9. The quantitative estimate of drug-likeness (QED) is 0.433. The fourth-order valence-corrected chi connectivity index (χ4v) is 3.91. The Labute approximate surface area is 208 Å². The first-order valence-electron chi connectivity index (χ1n) is 11.6. The number of carbonyl (C=O) groups is 2. The highest BCUT2D eigenvalue weighted by Crippen LogP contribution is 2.36. The maximum Gasteiger partial charge on any atom is 0.411 e. The lowest BCUT2D eigenvalue weighted by molar-refractivity contribution is -0.144. The van der Waals surface area contributed by atoms with E-state index in [2.05, 4.69) is 25.7 Å². The van der Waals surface area contributed by atoms with Gasteiger partial charge in [-0.25, -0.2) is 9.59 Å². The molecule has 2 aromatic rings. The minimum absolute atomic E-state index is 0.169. The van der Waals surface area contributed by atoms with E-state index in [9.17, 15) is 22.8 Å². The van der Waals surface area contributed by atoms with Crippen molar-refractivity contribution >= 4 is 23.6 Å². The van der Waals surface area contributed by atoms with Crippen LogP contribution in [0.2, 0.25) is 0 Å². The van der Waals surface area contributed by atoms with Gasteiger partial charge < -0.3 is 20.1 Å². The zero-order chi connectivity index (χ0) is 26.5. The maximum absolute atomic E-state index is 13.9. The number of carbonyl (C=O) groups excluding carboxylic acids is 2. The average Bonchev–Trinajstić information content (AvgIpc) is 2.77. The summed E-state index contributed by atoms with van der Waals surface area (Å²) in [6, 6.07) is 5.69. The predicted molar refractivity (Wildman–Crippen MR) is 130 cm³/mol. The fourth-order valence-electron chi connectivity index (χ4n) is 3.91. The van der Waals surface area contributed by atoms with Crippen LogP contribution in [0.4, 0.5) is 34.1 Å². The van der Waals surface area contributed by atoms with Gasteiger partial charge in [-0.3, -0.25) is 10.3 Å². The summed E-state index contributed by atoms with van der Waals surface area (Å²) in [4.78, 5) is 28.5. The number of pyridine rings is 1. The van der Waals surface area contributed by atoms with Gasteiger partial charge in [-0.05, 0) is 63.4 Å². The second kappa shape index (κ2) is 11.0. The highest BCUT2D eigenvalue weighted by atomic mass is 19.4. The molecule has 2 bridgehead atoms. The van der Waals surface area contributed by atoms with Gasteiger partial charge in [0, 0.05) is 23.1 Å². The SMILES string of the molecule is COC(=O)Nc1ccc2c(c1)NC(C(F)(F)F)CCCCC(NC(=O)OC(C)(C)C)c1cc-2ccn1. The van der Waals surface area contributed by atoms with Crippen LogP contribution in [0.1, 0.15) is 58.2 Å². The summed E-state index contributed by atoms with van der Waals surface area (Å²) in [5, 5.41) is 7.93. The van der Waals surface area contributed by atoms with E-state index >= 15 is 0 Å². The second-order valence-electron chi connectivity index (χ2n) is 9.57. The van der Waals surface area contributed by atoms with Gasteiger partial charge in [-0.15, -0.1) is 0 Å². The van der Waals surface area contributed by atoms with Crippen molar-refractivity contribution in [2.75, 3.05) is 17.7 Å². The number of hydrogen-bond acceptors (Lipinski definition) is 6. The van der Waals surface area contributed by atoms with Crippen LogP contribution < -0.4 is 16.0 Å². The molecule has 2 atom stereocenters. The normalized spacial score (nSPS) is 18.4. The number of nitrogens with zero attached hydrogens (tertiary/aromatic N) is 1. The molecule has 1 aliphatic rings. The number of benzene rings is 1. The molecule has 2 unspecified atom stereocenters. The van der Waals surface area contributed by atoms with E-state index in [1.54, 1.807) is 51.2 Å². The summed E-state index contributed by atoms with van der Waals surface area (Å²) in [6.07, 6.45) is -3.39. The number of nitrogens with one attached hydrogen (secondary N) is 3. The molecule has 2 heterocycles. The van der Waals surface area contributed by atoms with Crippen LogP contribution in [0.3, 0.4) is 0 Å². The molecule has 0 spiro atoms. The summed E-state index contributed by atoms with van der Waals surface area (Å²) in [6.45, 7) is 5.24. The van der Waals surface area contributed by atoms with Crippen molar-refractivity contribution in [1.82, 2.24) is 10.3 Å². The largest absolute Gasteiger partial charge is 0.453 e. The number of rotatable bonds is 2. The van der Waals surface area contributed by atoms with Gasteiger partial charge in [0.2, 0.25) is 0 Å². The lowest BCUT2D eigenvalue weighted by Crippen LogP contribution is -2.37. The summed E-state index contributed by atoms with van der Waals surface area (Å²) < 4.78 is 51.7. The molecule has 11 heteroatoms. The third-order valence-electron chi connectivity index (χ3n) is 5.55. The molecular weight excluding hydrogens is 477 g/mol. The number of anilines is 2. The van der Waals surface area contributed by atoms with Gasteiger partial charge >= 0.3 is 18.4 Å². The van der Waals surface area contributed by atoms with Gasteiger partial charge in [-0.1, -0.05) is 18.9 Å². The number of fused-ring (bicyclic) bond motifs is 4. The molecule has 0 saturated heterocycles. The highest BCUT2D eigenvalue weighted by Gasteiger charge is 2.39. The van der Waals surface area contributed by atoms with Gasteiger partial charge in [0.1, 0.15) is 11.6 Å². The van der Waals surface area contributed by atoms with E-state index in [0.29, 0.717) is 29.7 Å². The molecule has 0 aliphatic carbocycles. The summed E-state index contributed by atoms with van der Waals surface area (Å²) in [5.74, 6) is 0. The molecule has 0 saturated carbocycles. The van der Waals surface area contributed by atoms with E-state index in [-0.39, 0.29) is 24.2 Å². The maximum atomic E-state index is 13.9. The number of alkyl carbamates (subject to hydrolysis) is 1. The number of methoxy groups -OCH3 is 1. The Kier molecular flexibility index (Phi) is 8.31. The number of alkyl halides is 3. The van der Waals surface area contributed by atoms with Crippen molar-refractivity contribution in [2.45, 2.75) is 70.3 Å². The Morgan fingerprint density at radius 2 is 1.78 bits per heavy atom. The monoisotopic (exact) mass is 508 g/mol. The third-order valence-corrected chi connectivity index (χ3v) is 5.55. The minimum Gasteiger partial charge on any atom is -0.453 e. The molecule has 36 heavy (non-hydrogen) atoms. The van der Waals surface area contributed by atoms with Crippen molar-refractivity contribution < 1.29 is 32.2 Å². The first kappa shape index (κ1) is 27.1.